The second kappa shape index (κ2) is 9.25. The number of thioether (sulfide) groups is 1. The Balaban J connectivity index is 4.68. The first-order valence-electron chi connectivity index (χ1n) is 6.90. The van der Waals surface area contributed by atoms with Gasteiger partial charge in [0.1, 0.15) is 0 Å². The summed E-state index contributed by atoms with van der Waals surface area (Å²) in [6, 6.07) is -0.121. The van der Waals surface area contributed by atoms with Crippen molar-refractivity contribution in [1.82, 2.24) is 4.31 Å². The molecule has 0 amide bonds. The second-order valence-electron chi connectivity index (χ2n) is 5.09. The van der Waals surface area contributed by atoms with E-state index >= 15 is 0 Å². The zero-order chi connectivity index (χ0) is 15.9. The van der Waals surface area contributed by atoms with Crippen molar-refractivity contribution in [3.05, 3.63) is 0 Å². The first-order valence-corrected chi connectivity index (χ1v) is 9.79. The van der Waals surface area contributed by atoms with Gasteiger partial charge in [0, 0.05) is 18.4 Å². The molecule has 0 saturated carbocycles. The lowest BCUT2D eigenvalue weighted by molar-refractivity contribution is -0.155. The molecule has 0 aliphatic carbocycles. The van der Waals surface area contributed by atoms with Crippen molar-refractivity contribution in [2.24, 2.45) is 0 Å². The molecule has 0 aliphatic rings. The fourth-order valence-electron chi connectivity index (χ4n) is 1.80. The molecule has 0 fully saturated rings. The van der Waals surface area contributed by atoms with Crippen molar-refractivity contribution < 1.29 is 17.9 Å². The maximum absolute atomic E-state index is 11.8. The van der Waals surface area contributed by atoms with Crippen molar-refractivity contribution in [3.8, 4) is 0 Å². The fourth-order valence-corrected chi connectivity index (χ4v) is 3.82. The number of nitrogens with zero attached hydrogens (tertiary/aromatic N) is 1. The maximum Gasteiger partial charge on any atom is 0.211 e. The van der Waals surface area contributed by atoms with Crippen LogP contribution in [0.3, 0.4) is 0 Å². The van der Waals surface area contributed by atoms with Gasteiger partial charge >= 0.3 is 0 Å². The predicted octanol–water partition coefficient (Wildman–Crippen LogP) is 2.18. The quantitative estimate of drug-likeness (QED) is 0.576. The van der Waals surface area contributed by atoms with E-state index in [1.54, 1.807) is 0 Å². The van der Waals surface area contributed by atoms with Gasteiger partial charge in [-0.2, -0.15) is 16.1 Å². The molecule has 20 heavy (non-hydrogen) atoms. The Bertz CT molecular complexity index is 359. The highest BCUT2D eigenvalue weighted by molar-refractivity contribution is 7.99. The predicted molar refractivity (Wildman–Crippen MR) is 85.6 cm³/mol. The van der Waals surface area contributed by atoms with Gasteiger partial charge in [-0.25, -0.2) is 8.42 Å². The number of rotatable bonds is 10. The monoisotopic (exact) mass is 327 g/mol. The molecular formula is C13H29NO4S2. The van der Waals surface area contributed by atoms with Gasteiger partial charge in [-0.15, -0.1) is 0 Å². The van der Waals surface area contributed by atoms with E-state index in [2.05, 4.69) is 13.8 Å². The molecule has 122 valence electrons. The van der Waals surface area contributed by atoms with Crippen LogP contribution in [0, 0.1) is 0 Å². The lowest BCUT2D eigenvalue weighted by atomic mass is 10.3. The summed E-state index contributed by atoms with van der Waals surface area (Å²) in [4.78, 5) is 0. The van der Waals surface area contributed by atoms with Gasteiger partial charge in [-0.3, -0.25) is 0 Å². The van der Waals surface area contributed by atoms with E-state index in [4.69, 9.17) is 9.47 Å². The van der Waals surface area contributed by atoms with Crippen LogP contribution in [-0.2, 0) is 19.5 Å². The van der Waals surface area contributed by atoms with Crippen LogP contribution in [0.1, 0.15) is 34.6 Å². The molecule has 3 atom stereocenters. The summed E-state index contributed by atoms with van der Waals surface area (Å²) in [6.07, 6.45) is 0.652. The highest BCUT2D eigenvalue weighted by Crippen LogP contribution is 2.18. The highest BCUT2D eigenvalue weighted by atomic mass is 32.2. The van der Waals surface area contributed by atoms with Crippen LogP contribution in [0.2, 0.25) is 0 Å². The lowest BCUT2D eigenvalue weighted by Gasteiger charge is -2.30. The SMILES string of the molecule is CCSC(C)[C@H](C)O[C@H](CN(C(C)C)S(C)(=O)=O)OC. The summed E-state index contributed by atoms with van der Waals surface area (Å²) in [7, 11) is -1.73. The van der Waals surface area contributed by atoms with E-state index in [9.17, 15) is 8.42 Å². The Hall–Kier alpha value is 0.180. The van der Waals surface area contributed by atoms with Crippen molar-refractivity contribution in [2.45, 2.75) is 58.3 Å². The van der Waals surface area contributed by atoms with Crippen LogP contribution in [0.4, 0.5) is 0 Å². The summed E-state index contributed by atoms with van der Waals surface area (Å²) in [5, 5.41) is 0.336. The van der Waals surface area contributed by atoms with E-state index in [-0.39, 0.29) is 18.7 Å². The molecule has 0 rings (SSSR count). The Morgan fingerprint density at radius 3 is 2.10 bits per heavy atom. The molecule has 0 bridgehead atoms. The number of hydrogen-bond acceptors (Lipinski definition) is 5. The Morgan fingerprint density at radius 2 is 1.75 bits per heavy atom. The fraction of sp³-hybridized carbons (Fsp3) is 1.00. The lowest BCUT2D eigenvalue weighted by Crippen LogP contribution is -2.44. The van der Waals surface area contributed by atoms with Crippen molar-refractivity contribution in [3.63, 3.8) is 0 Å². The summed E-state index contributed by atoms with van der Waals surface area (Å²) >= 11 is 1.81. The summed E-state index contributed by atoms with van der Waals surface area (Å²) in [5.74, 6) is 1.02. The molecule has 0 aromatic rings. The zero-order valence-corrected chi connectivity index (χ0v) is 15.3. The maximum atomic E-state index is 11.8. The van der Waals surface area contributed by atoms with E-state index in [0.29, 0.717) is 5.25 Å². The van der Waals surface area contributed by atoms with Crippen LogP contribution in [0.15, 0.2) is 0 Å². The van der Waals surface area contributed by atoms with Crippen LogP contribution >= 0.6 is 11.8 Å². The minimum atomic E-state index is -3.27. The van der Waals surface area contributed by atoms with E-state index in [1.165, 1.54) is 17.7 Å². The van der Waals surface area contributed by atoms with Gasteiger partial charge in [-0.05, 0) is 26.5 Å². The van der Waals surface area contributed by atoms with Gasteiger partial charge in [0.15, 0.2) is 6.29 Å². The van der Waals surface area contributed by atoms with E-state index in [1.807, 2.05) is 32.5 Å². The molecule has 0 radical (unpaired) electrons. The minimum absolute atomic E-state index is 0.00141. The first kappa shape index (κ1) is 20.2. The third-order valence-electron chi connectivity index (χ3n) is 3.05. The molecule has 0 N–H and O–H groups in total. The van der Waals surface area contributed by atoms with Gasteiger partial charge in [-0.1, -0.05) is 13.8 Å². The summed E-state index contributed by atoms with van der Waals surface area (Å²) in [6.45, 7) is 10.1. The van der Waals surface area contributed by atoms with E-state index in [0.717, 1.165) is 5.75 Å². The van der Waals surface area contributed by atoms with Crippen LogP contribution in [0.25, 0.3) is 0 Å². The second-order valence-corrected chi connectivity index (χ2v) is 8.68. The van der Waals surface area contributed by atoms with Crippen LogP contribution in [-0.4, -0.2) is 62.1 Å². The van der Waals surface area contributed by atoms with Gasteiger partial charge in [0.05, 0.1) is 18.9 Å². The van der Waals surface area contributed by atoms with Crippen molar-refractivity contribution >= 4 is 21.8 Å². The number of sulfonamides is 1. The molecular weight excluding hydrogens is 298 g/mol. The molecule has 7 heteroatoms. The van der Waals surface area contributed by atoms with Gasteiger partial charge in [0.2, 0.25) is 10.0 Å². The van der Waals surface area contributed by atoms with E-state index < -0.39 is 16.3 Å². The minimum Gasteiger partial charge on any atom is -0.354 e. The van der Waals surface area contributed by atoms with Crippen LogP contribution < -0.4 is 0 Å². The molecule has 0 saturated heterocycles. The zero-order valence-electron chi connectivity index (χ0n) is 13.6. The molecule has 5 nitrogen and oxygen atoms in total. The third-order valence-corrected chi connectivity index (χ3v) is 5.72. The third kappa shape index (κ3) is 7.26. The smallest absolute Gasteiger partial charge is 0.211 e. The Labute approximate surface area is 128 Å². The molecule has 1 unspecified atom stereocenters. The average Bonchev–Trinajstić information content (AvgIpc) is 2.32. The van der Waals surface area contributed by atoms with Gasteiger partial charge < -0.3 is 9.47 Å². The molecule has 0 spiro atoms. The Morgan fingerprint density at radius 1 is 1.20 bits per heavy atom. The number of methoxy groups -OCH3 is 1. The molecule has 0 aromatic carbocycles. The van der Waals surface area contributed by atoms with Gasteiger partial charge in [0.25, 0.3) is 0 Å². The summed E-state index contributed by atoms with van der Waals surface area (Å²) < 4.78 is 36.0. The summed E-state index contributed by atoms with van der Waals surface area (Å²) in [5.41, 5.74) is 0. The topological polar surface area (TPSA) is 55.8 Å². The van der Waals surface area contributed by atoms with Crippen molar-refractivity contribution in [1.29, 1.82) is 0 Å². The molecule has 0 aromatic heterocycles. The first-order chi connectivity index (χ1) is 9.13. The molecule has 0 aliphatic heterocycles. The van der Waals surface area contributed by atoms with Crippen molar-refractivity contribution in [2.75, 3.05) is 25.7 Å². The Kier molecular flexibility index (Phi) is 9.33. The van der Waals surface area contributed by atoms with Crippen LogP contribution in [0.5, 0.6) is 0 Å². The largest absolute Gasteiger partial charge is 0.354 e. The standard InChI is InChI=1S/C13H29NO4S2/c1-8-19-12(5)11(4)18-13(17-6)9-14(10(2)3)20(7,15)16/h10-13H,8-9H2,1-7H3/t11-,12?,13+/m0/s1. The number of hydrogen-bond donors (Lipinski definition) is 0. The number of ether oxygens (including phenoxy) is 2. The normalized spacial score (nSPS) is 17.4. The molecule has 0 heterocycles. The highest BCUT2D eigenvalue weighted by Gasteiger charge is 2.26. The average molecular weight is 328 g/mol.